The molecule has 1 aliphatic heterocycles. The summed E-state index contributed by atoms with van der Waals surface area (Å²) in [7, 11) is 0. The van der Waals surface area contributed by atoms with Crippen molar-refractivity contribution in [2.24, 2.45) is 5.92 Å². The van der Waals surface area contributed by atoms with Crippen LogP contribution in [0, 0.1) is 5.92 Å². The molecule has 0 radical (unpaired) electrons. The molecule has 108 valence electrons. The molecule has 1 unspecified atom stereocenters. The second kappa shape index (κ2) is 6.91. The predicted octanol–water partition coefficient (Wildman–Crippen LogP) is 3.66. The van der Waals surface area contributed by atoms with Crippen molar-refractivity contribution in [1.29, 1.82) is 0 Å². The van der Waals surface area contributed by atoms with Crippen molar-refractivity contribution in [3.63, 3.8) is 0 Å². The van der Waals surface area contributed by atoms with Crippen LogP contribution in [0.25, 0.3) is 0 Å². The molecule has 0 aliphatic carbocycles. The van der Waals surface area contributed by atoms with Gasteiger partial charge in [0.05, 0.1) is 0 Å². The first-order chi connectivity index (χ1) is 8.29. The zero-order chi connectivity index (χ0) is 13.8. The van der Waals surface area contributed by atoms with Crippen LogP contribution in [0.3, 0.4) is 0 Å². The molecule has 2 nitrogen and oxygen atoms in total. The number of rotatable bonds is 5. The second-order valence-corrected chi connectivity index (χ2v) is 7.47. The van der Waals surface area contributed by atoms with Crippen LogP contribution in [0.5, 0.6) is 0 Å². The van der Waals surface area contributed by atoms with E-state index < -0.39 is 0 Å². The van der Waals surface area contributed by atoms with Gasteiger partial charge < -0.3 is 5.32 Å². The normalized spacial score (nSPS) is 21.5. The van der Waals surface area contributed by atoms with Crippen LogP contribution < -0.4 is 5.32 Å². The highest BCUT2D eigenvalue weighted by molar-refractivity contribution is 4.85. The summed E-state index contributed by atoms with van der Waals surface area (Å²) in [6, 6.07) is 1.42. The van der Waals surface area contributed by atoms with E-state index in [1.807, 2.05) is 0 Å². The standard InChI is InChI=1S/C16H34N2/c1-13(2)7-8-14(3)17-15-9-11-18(12-10-15)16(4,5)6/h13-15,17H,7-12H2,1-6H3. The third kappa shape index (κ3) is 5.71. The molecular weight excluding hydrogens is 220 g/mol. The first kappa shape index (κ1) is 16.0. The molecule has 0 aromatic heterocycles. The number of hydrogen-bond acceptors (Lipinski definition) is 2. The second-order valence-electron chi connectivity index (χ2n) is 7.47. The molecule has 0 aromatic carbocycles. The lowest BCUT2D eigenvalue weighted by Gasteiger charge is -2.41. The Kier molecular flexibility index (Phi) is 6.13. The highest BCUT2D eigenvalue weighted by Crippen LogP contribution is 2.20. The summed E-state index contributed by atoms with van der Waals surface area (Å²) in [5.74, 6) is 0.831. The lowest BCUT2D eigenvalue weighted by molar-refractivity contribution is 0.0938. The van der Waals surface area contributed by atoms with Crippen molar-refractivity contribution in [2.75, 3.05) is 13.1 Å². The molecule has 2 heteroatoms. The van der Waals surface area contributed by atoms with E-state index in [0.717, 1.165) is 12.0 Å². The number of nitrogens with zero attached hydrogens (tertiary/aromatic N) is 1. The molecule has 1 aliphatic rings. The Morgan fingerprint density at radius 3 is 2.06 bits per heavy atom. The molecule has 1 heterocycles. The van der Waals surface area contributed by atoms with Crippen LogP contribution >= 0.6 is 0 Å². The van der Waals surface area contributed by atoms with Crippen LogP contribution in [0.2, 0.25) is 0 Å². The first-order valence-electron chi connectivity index (χ1n) is 7.80. The van der Waals surface area contributed by atoms with E-state index in [9.17, 15) is 0 Å². The Labute approximate surface area is 115 Å². The topological polar surface area (TPSA) is 15.3 Å². The highest BCUT2D eigenvalue weighted by Gasteiger charge is 2.27. The monoisotopic (exact) mass is 254 g/mol. The minimum Gasteiger partial charge on any atom is -0.311 e. The van der Waals surface area contributed by atoms with Crippen LogP contribution in [0.15, 0.2) is 0 Å². The van der Waals surface area contributed by atoms with E-state index >= 15 is 0 Å². The number of likely N-dealkylation sites (tertiary alicyclic amines) is 1. The Hall–Kier alpha value is -0.0800. The van der Waals surface area contributed by atoms with Gasteiger partial charge in [0, 0.05) is 30.7 Å². The van der Waals surface area contributed by atoms with Gasteiger partial charge in [-0.25, -0.2) is 0 Å². The van der Waals surface area contributed by atoms with Gasteiger partial charge in [0.15, 0.2) is 0 Å². The predicted molar refractivity (Wildman–Crippen MR) is 81.0 cm³/mol. The molecule has 1 saturated heterocycles. The van der Waals surface area contributed by atoms with Crippen molar-refractivity contribution >= 4 is 0 Å². The average Bonchev–Trinajstić information content (AvgIpc) is 2.26. The van der Waals surface area contributed by atoms with Crippen LogP contribution in [0.1, 0.15) is 67.2 Å². The maximum absolute atomic E-state index is 3.82. The molecule has 1 rings (SSSR count). The first-order valence-corrected chi connectivity index (χ1v) is 7.80. The van der Waals surface area contributed by atoms with Crippen molar-refractivity contribution < 1.29 is 0 Å². The van der Waals surface area contributed by atoms with Gasteiger partial charge in [0.2, 0.25) is 0 Å². The fourth-order valence-corrected chi connectivity index (χ4v) is 2.79. The molecule has 1 fully saturated rings. The number of piperidine rings is 1. The van der Waals surface area contributed by atoms with E-state index in [4.69, 9.17) is 0 Å². The molecule has 0 amide bonds. The molecule has 1 atom stereocenters. The van der Waals surface area contributed by atoms with Gasteiger partial charge in [0.25, 0.3) is 0 Å². The Balaban J connectivity index is 2.23. The zero-order valence-corrected chi connectivity index (χ0v) is 13.4. The summed E-state index contributed by atoms with van der Waals surface area (Å²) in [5.41, 5.74) is 0.341. The molecule has 0 saturated carbocycles. The van der Waals surface area contributed by atoms with Crippen molar-refractivity contribution in [3.8, 4) is 0 Å². The summed E-state index contributed by atoms with van der Waals surface area (Å²) in [4.78, 5) is 2.62. The van der Waals surface area contributed by atoms with Crippen molar-refractivity contribution in [3.05, 3.63) is 0 Å². The van der Waals surface area contributed by atoms with Gasteiger partial charge in [-0.2, -0.15) is 0 Å². The van der Waals surface area contributed by atoms with E-state index in [1.165, 1.54) is 38.8 Å². The number of nitrogens with one attached hydrogen (secondary N) is 1. The van der Waals surface area contributed by atoms with Crippen molar-refractivity contribution in [1.82, 2.24) is 10.2 Å². The average molecular weight is 254 g/mol. The van der Waals surface area contributed by atoms with Crippen LogP contribution in [0.4, 0.5) is 0 Å². The van der Waals surface area contributed by atoms with Crippen LogP contribution in [-0.2, 0) is 0 Å². The highest BCUT2D eigenvalue weighted by atomic mass is 15.2. The number of hydrogen-bond donors (Lipinski definition) is 1. The third-order valence-electron chi connectivity index (χ3n) is 4.14. The van der Waals surface area contributed by atoms with Gasteiger partial charge >= 0.3 is 0 Å². The summed E-state index contributed by atoms with van der Waals surface area (Å²) in [6.07, 6.45) is 5.28. The van der Waals surface area contributed by atoms with E-state index in [0.29, 0.717) is 11.6 Å². The van der Waals surface area contributed by atoms with Gasteiger partial charge in [-0.3, -0.25) is 4.90 Å². The van der Waals surface area contributed by atoms with Gasteiger partial charge in [0.1, 0.15) is 0 Å². The van der Waals surface area contributed by atoms with Crippen molar-refractivity contribution in [2.45, 2.75) is 84.8 Å². The van der Waals surface area contributed by atoms with Crippen LogP contribution in [-0.4, -0.2) is 35.6 Å². The summed E-state index contributed by atoms with van der Waals surface area (Å²) < 4.78 is 0. The summed E-state index contributed by atoms with van der Waals surface area (Å²) in [6.45, 7) is 16.4. The summed E-state index contributed by atoms with van der Waals surface area (Å²) in [5, 5.41) is 3.82. The fraction of sp³-hybridized carbons (Fsp3) is 1.00. The maximum atomic E-state index is 3.82. The summed E-state index contributed by atoms with van der Waals surface area (Å²) >= 11 is 0. The van der Waals surface area contributed by atoms with Gasteiger partial charge in [-0.05, 0) is 59.3 Å². The smallest absolute Gasteiger partial charge is 0.0125 e. The van der Waals surface area contributed by atoms with E-state index in [-0.39, 0.29) is 0 Å². The van der Waals surface area contributed by atoms with Gasteiger partial charge in [-0.1, -0.05) is 13.8 Å². The molecular formula is C16H34N2. The Bertz CT molecular complexity index is 222. The SMILES string of the molecule is CC(C)CCC(C)NC1CCN(C(C)(C)C)CC1. The molecule has 0 aromatic rings. The minimum atomic E-state index is 0.341. The Morgan fingerprint density at radius 2 is 1.61 bits per heavy atom. The van der Waals surface area contributed by atoms with Gasteiger partial charge in [-0.15, -0.1) is 0 Å². The molecule has 18 heavy (non-hydrogen) atoms. The van der Waals surface area contributed by atoms with E-state index in [1.54, 1.807) is 0 Å². The minimum absolute atomic E-state index is 0.341. The fourth-order valence-electron chi connectivity index (χ4n) is 2.79. The quantitative estimate of drug-likeness (QED) is 0.805. The molecule has 1 N–H and O–H groups in total. The molecule has 0 bridgehead atoms. The maximum Gasteiger partial charge on any atom is 0.0125 e. The molecule has 0 spiro atoms. The lowest BCUT2D eigenvalue weighted by atomic mass is 9.97. The lowest BCUT2D eigenvalue weighted by Crippen LogP contribution is -2.51. The third-order valence-corrected chi connectivity index (χ3v) is 4.14. The van der Waals surface area contributed by atoms with E-state index in [2.05, 4.69) is 51.8 Å². The zero-order valence-electron chi connectivity index (χ0n) is 13.4. The Morgan fingerprint density at radius 1 is 1.06 bits per heavy atom. The largest absolute Gasteiger partial charge is 0.311 e.